The van der Waals surface area contributed by atoms with Gasteiger partial charge >= 0.3 is 0 Å². The number of hydrogen-bond donors (Lipinski definition) is 2. The van der Waals surface area contributed by atoms with Crippen LogP contribution in [-0.2, 0) is 4.74 Å². The van der Waals surface area contributed by atoms with Crippen LogP contribution in [0, 0.1) is 0 Å². The molecule has 2 aromatic carbocycles. The van der Waals surface area contributed by atoms with E-state index in [0.717, 1.165) is 5.56 Å². The first-order valence-electron chi connectivity index (χ1n) is 6.43. The summed E-state index contributed by atoms with van der Waals surface area (Å²) in [6.07, 6.45) is -0.156. The highest BCUT2D eigenvalue weighted by atomic mass is 16.5. The summed E-state index contributed by atoms with van der Waals surface area (Å²) in [6.45, 7) is 0.728. The highest BCUT2D eigenvalue weighted by Crippen LogP contribution is 2.22. The van der Waals surface area contributed by atoms with E-state index < -0.39 is 0 Å². The Morgan fingerprint density at radius 1 is 0.947 bits per heavy atom. The Hall–Kier alpha value is -1.68. The number of rotatable bonds is 6. The lowest BCUT2D eigenvalue weighted by Crippen LogP contribution is -2.17. The lowest BCUT2D eigenvalue weighted by Gasteiger charge is -2.16. The normalized spacial score (nSPS) is 12.3. The number of aliphatic hydroxyl groups is 1. The molecule has 3 heteroatoms. The topological polar surface area (TPSA) is 55.5 Å². The van der Waals surface area contributed by atoms with Gasteiger partial charge in [0.2, 0.25) is 0 Å². The van der Waals surface area contributed by atoms with Gasteiger partial charge in [-0.25, -0.2) is 0 Å². The maximum Gasteiger partial charge on any atom is 0.0948 e. The third kappa shape index (κ3) is 3.64. The molecule has 0 fully saturated rings. The zero-order valence-electron chi connectivity index (χ0n) is 10.8. The predicted octanol–water partition coefficient (Wildman–Crippen LogP) is 2.36. The van der Waals surface area contributed by atoms with Gasteiger partial charge in [0.05, 0.1) is 19.3 Å². The van der Waals surface area contributed by atoms with E-state index in [1.165, 1.54) is 11.1 Å². The highest BCUT2D eigenvalue weighted by Gasteiger charge is 2.09. The molecule has 3 nitrogen and oxygen atoms in total. The molecule has 2 aromatic rings. The van der Waals surface area contributed by atoms with E-state index in [1.807, 2.05) is 30.3 Å². The molecule has 1 unspecified atom stereocenters. The molecule has 19 heavy (non-hydrogen) atoms. The minimum Gasteiger partial charge on any atom is -0.394 e. The van der Waals surface area contributed by atoms with Gasteiger partial charge in [-0.05, 0) is 16.7 Å². The van der Waals surface area contributed by atoms with Gasteiger partial charge in [0.15, 0.2) is 0 Å². The number of nitrogens with two attached hydrogens (primary N) is 1. The van der Waals surface area contributed by atoms with E-state index in [0.29, 0.717) is 13.2 Å². The molecule has 0 aliphatic carbocycles. The van der Waals surface area contributed by atoms with Crippen molar-refractivity contribution in [1.82, 2.24) is 0 Å². The van der Waals surface area contributed by atoms with Crippen LogP contribution in [0.3, 0.4) is 0 Å². The van der Waals surface area contributed by atoms with E-state index in [1.54, 1.807) is 0 Å². The summed E-state index contributed by atoms with van der Waals surface area (Å²) in [4.78, 5) is 0. The quantitative estimate of drug-likeness (QED) is 0.835. The van der Waals surface area contributed by atoms with Crippen LogP contribution in [0.1, 0.15) is 11.7 Å². The molecule has 2 rings (SSSR count). The van der Waals surface area contributed by atoms with Crippen LogP contribution in [0.2, 0.25) is 0 Å². The van der Waals surface area contributed by atoms with Gasteiger partial charge in [-0.3, -0.25) is 0 Å². The summed E-state index contributed by atoms with van der Waals surface area (Å²) in [5.74, 6) is 0. The Morgan fingerprint density at radius 2 is 1.58 bits per heavy atom. The molecule has 100 valence electrons. The highest BCUT2D eigenvalue weighted by molar-refractivity contribution is 5.63. The Morgan fingerprint density at radius 3 is 2.16 bits per heavy atom. The molecule has 0 saturated carbocycles. The van der Waals surface area contributed by atoms with Crippen molar-refractivity contribution in [2.24, 2.45) is 5.73 Å². The fraction of sp³-hybridized carbons (Fsp3) is 0.250. The SMILES string of the molecule is NCC(OCCO)c1ccc(-c2ccccc2)cc1. The van der Waals surface area contributed by atoms with Crippen LogP contribution in [0.4, 0.5) is 0 Å². The van der Waals surface area contributed by atoms with Gasteiger partial charge in [0.25, 0.3) is 0 Å². The Labute approximate surface area is 113 Å². The molecule has 0 radical (unpaired) electrons. The van der Waals surface area contributed by atoms with Crippen LogP contribution >= 0.6 is 0 Å². The lowest BCUT2D eigenvalue weighted by atomic mass is 10.0. The second-order valence-electron chi connectivity index (χ2n) is 4.31. The molecular formula is C16H19NO2. The molecular weight excluding hydrogens is 238 g/mol. The Kier molecular flexibility index (Phi) is 5.10. The van der Waals surface area contributed by atoms with Crippen molar-refractivity contribution < 1.29 is 9.84 Å². The van der Waals surface area contributed by atoms with E-state index >= 15 is 0 Å². The van der Waals surface area contributed by atoms with Crippen LogP contribution < -0.4 is 5.73 Å². The summed E-state index contributed by atoms with van der Waals surface area (Å²) in [7, 11) is 0. The minimum atomic E-state index is -0.156. The lowest BCUT2D eigenvalue weighted by molar-refractivity contribution is 0.0329. The third-order valence-electron chi connectivity index (χ3n) is 3.01. The first-order valence-corrected chi connectivity index (χ1v) is 6.43. The first-order chi connectivity index (χ1) is 9.35. The summed E-state index contributed by atoms with van der Waals surface area (Å²) < 4.78 is 5.50. The largest absolute Gasteiger partial charge is 0.394 e. The summed E-state index contributed by atoms with van der Waals surface area (Å²) in [6, 6.07) is 18.4. The molecule has 0 spiro atoms. The summed E-state index contributed by atoms with van der Waals surface area (Å²) >= 11 is 0. The van der Waals surface area contributed by atoms with Gasteiger partial charge in [0, 0.05) is 6.54 Å². The van der Waals surface area contributed by atoms with Crippen molar-refractivity contribution >= 4 is 0 Å². The number of hydrogen-bond acceptors (Lipinski definition) is 3. The average molecular weight is 257 g/mol. The van der Waals surface area contributed by atoms with Crippen molar-refractivity contribution in [1.29, 1.82) is 0 Å². The third-order valence-corrected chi connectivity index (χ3v) is 3.01. The fourth-order valence-electron chi connectivity index (χ4n) is 2.02. The second kappa shape index (κ2) is 7.04. The monoisotopic (exact) mass is 257 g/mol. The van der Waals surface area contributed by atoms with E-state index in [4.69, 9.17) is 15.6 Å². The molecule has 3 N–H and O–H groups in total. The summed E-state index contributed by atoms with van der Waals surface area (Å²) in [5, 5.41) is 8.78. The van der Waals surface area contributed by atoms with Crippen LogP contribution in [0.25, 0.3) is 11.1 Å². The smallest absolute Gasteiger partial charge is 0.0948 e. The van der Waals surface area contributed by atoms with Crippen molar-refractivity contribution in [3.63, 3.8) is 0 Å². The Balaban J connectivity index is 2.13. The summed E-state index contributed by atoms with van der Waals surface area (Å²) in [5.41, 5.74) is 9.08. The fourth-order valence-corrected chi connectivity index (χ4v) is 2.02. The second-order valence-corrected chi connectivity index (χ2v) is 4.31. The van der Waals surface area contributed by atoms with Crippen molar-refractivity contribution in [2.45, 2.75) is 6.10 Å². The maximum absolute atomic E-state index is 8.78. The first kappa shape index (κ1) is 13.7. The number of benzene rings is 2. The van der Waals surface area contributed by atoms with Gasteiger partial charge in [-0.1, -0.05) is 54.6 Å². The maximum atomic E-state index is 8.78. The van der Waals surface area contributed by atoms with Crippen molar-refractivity contribution in [3.05, 3.63) is 60.2 Å². The van der Waals surface area contributed by atoms with Gasteiger partial charge in [0.1, 0.15) is 0 Å². The minimum absolute atomic E-state index is 0.0125. The molecule has 0 amide bonds. The van der Waals surface area contributed by atoms with Crippen LogP contribution in [0.5, 0.6) is 0 Å². The van der Waals surface area contributed by atoms with Crippen LogP contribution in [-0.4, -0.2) is 24.9 Å². The van der Waals surface area contributed by atoms with Crippen molar-refractivity contribution in [3.8, 4) is 11.1 Å². The zero-order chi connectivity index (χ0) is 13.5. The molecule has 0 aliphatic rings. The molecule has 0 aromatic heterocycles. The van der Waals surface area contributed by atoms with Gasteiger partial charge in [-0.2, -0.15) is 0 Å². The van der Waals surface area contributed by atoms with Crippen molar-refractivity contribution in [2.75, 3.05) is 19.8 Å². The van der Waals surface area contributed by atoms with E-state index in [2.05, 4.69) is 24.3 Å². The molecule has 0 heterocycles. The number of ether oxygens (including phenoxy) is 1. The molecule has 0 saturated heterocycles. The van der Waals surface area contributed by atoms with Gasteiger partial charge in [-0.15, -0.1) is 0 Å². The van der Waals surface area contributed by atoms with E-state index in [-0.39, 0.29) is 12.7 Å². The average Bonchev–Trinajstić information content (AvgIpc) is 2.49. The predicted molar refractivity (Wildman–Crippen MR) is 76.7 cm³/mol. The molecule has 0 aliphatic heterocycles. The van der Waals surface area contributed by atoms with Gasteiger partial charge < -0.3 is 15.6 Å². The molecule has 0 bridgehead atoms. The van der Waals surface area contributed by atoms with E-state index in [9.17, 15) is 0 Å². The Bertz CT molecular complexity index is 482. The van der Waals surface area contributed by atoms with Crippen LogP contribution in [0.15, 0.2) is 54.6 Å². The zero-order valence-corrected chi connectivity index (χ0v) is 10.8. The number of aliphatic hydroxyl groups excluding tert-OH is 1. The molecule has 1 atom stereocenters. The standard InChI is InChI=1S/C16H19NO2/c17-12-16(19-11-10-18)15-8-6-14(7-9-15)13-4-2-1-3-5-13/h1-9,16,18H,10-12,17H2.